The van der Waals surface area contributed by atoms with Gasteiger partial charge in [0, 0.05) is 17.8 Å². The van der Waals surface area contributed by atoms with Crippen molar-refractivity contribution < 1.29 is 9.53 Å². The molecule has 4 nitrogen and oxygen atoms in total. The molecule has 0 amide bonds. The van der Waals surface area contributed by atoms with Gasteiger partial charge in [0.1, 0.15) is 6.61 Å². The fourth-order valence-electron chi connectivity index (χ4n) is 2.87. The smallest absolute Gasteiger partial charge is 0.338 e. The van der Waals surface area contributed by atoms with Gasteiger partial charge in [0.2, 0.25) is 0 Å². The molecule has 0 radical (unpaired) electrons. The zero-order valence-corrected chi connectivity index (χ0v) is 17.1. The van der Waals surface area contributed by atoms with E-state index in [2.05, 4.69) is 39.9 Å². The van der Waals surface area contributed by atoms with Crippen LogP contribution in [0, 0.1) is 11.8 Å². The zero-order chi connectivity index (χ0) is 18.1. The van der Waals surface area contributed by atoms with Crippen molar-refractivity contribution in [2.75, 3.05) is 12.3 Å². The number of hydrogen-bond donors (Lipinski definition) is 2. The maximum absolute atomic E-state index is 12.1. The van der Waals surface area contributed by atoms with E-state index < -0.39 is 0 Å². The molecule has 0 saturated carbocycles. The summed E-state index contributed by atoms with van der Waals surface area (Å²) < 4.78 is 5.49. The minimum absolute atomic E-state index is 0. The van der Waals surface area contributed by atoms with Crippen LogP contribution >= 0.6 is 12.4 Å². The third kappa shape index (κ3) is 9.71. The summed E-state index contributed by atoms with van der Waals surface area (Å²) in [5.41, 5.74) is 6.83. The molecule has 0 aliphatic carbocycles. The van der Waals surface area contributed by atoms with Crippen molar-refractivity contribution in [2.45, 2.75) is 66.0 Å². The van der Waals surface area contributed by atoms with Crippen LogP contribution in [0.15, 0.2) is 24.3 Å². The number of rotatable bonds is 10. The Hall–Kier alpha value is -1.26. The van der Waals surface area contributed by atoms with Crippen LogP contribution in [0.25, 0.3) is 0 Å². The number of hydrogen-bond acceptors (Lipinski definition) is 4. The monoisotopic (exact) mass is 370 g/mol. The number of halogens is 1. The number of nitrogens with one attached hydrogen (secondary N) is 1. The van der Waals surface area contributed by atoms with Gasteiger partial charge >= 0.3 is 5.97 Å². The third-order valence-corrected chi connectivity index (χ3v) is 4.04. The zero-order valence-electron chi connectivity index (χ0n) is 16.2. The lowest BCUT2D eigenvalue weighted by Crippen LogP contribution is -2.42. The van der Waals surface area contributed by atoms with Crippen LogP contribution in [0.4, 0.5) is 5.69 Å². The molecule has 0 bridgehead atoms. The molecule has 1 aromatic carbocycles. The highest BCUT2D eigenvalue weighted by molar-refractivity contribution is 5.89. The lowest BCUT2D eigenvalue weighted by molar-refractivity contribution is 0.0452. The maximum atomic E-state index is 12.1. The molecule has 0 heterocycles. The van der Waals surface area contributed by atoms with Crippen molar-refractivity contribution in [2.24, 2.45) is 11.8 Å². The number of carbonyl (C=O) groups is 1. The molecule has 0 aliphatic heterocycles. The Morgan fingerprint density at radius 3 is 2.00 bits per heavy atom. The van der Waals surface area contributed by atoms with Gasteiger partial charge in [-0.15, -0.1) is 12.4 Å². The van der Waals surface area contributed by atoms with E-state index in [9.17, 15) is 4.79 Å². The minimum Gasteiger partial charge on any atom is -0.460 e. The quantitative estimate of drug-likeness (QED) is 0.463. The van der Waals surface area contributed by atoms with Crippen molar-refractivity contribution >= 4 is 24.1 Å². The van der Waals surface area contributed by atoms with Crippen molar-refractivity contribution in [1.29, 1.82) is 0 Å². The summed E-state index contributed by atoms with van der Waals surface area (Å²) in [6, 6.07) is 7.48. The summed E-state index contributed by atoms with van der Waals surface area (Å²) in [4.78, 5) is 12.1. The van der Waals surface area contributed by atoms with Gasteiger partial charge in [0.25, 0.3) is 0 Å². The van der Waals surface area contributed by atoms with Crippen molar-refractivity contribution in [3.8, 4) is 0 Å². The summed E-state index contributed by atoms with van der Waals surface area (Å²) in [6.07, 6.45) is 3.21. The third-order valence-electron chi connectivity index (χ3n) is 4.04. The van der Waals surface area contributed by atoms with Gasteiger partial charge < -0.3 is 15.8 Å². The van der Waals surface area contributed by atoms with Crippen molar-refractivity contribution in [1.82, 2.24) is 5.32 Å². The topological polar surface area (TPSA) is 64.3 Å². The van der Waals surface area contributed by atoms with E-state index in [0.717, 1.165) is 19.3 Å². The van der Waals surface area contributed by atoms with Crippen molar-refractivity contribution in [3.63, 3.8) is 0 Å². The van der Waals surface area contributed by atoms with Crippen LogP contribution in [0.5, 0.6) is 0 Å². The predicted molar refractivity (Wildman–Crippen MR) is 108 cm³/mol. The molecular weight excluding hydrogens is 336 g/mol. The molecule has 0 saturated heterocycles. The van der Waals surface area contributed by atoms with Gasteiger partial charge in [-0.1, -0.05) is 34.6 Å². The highest BCUT2D eigenvalue weighted by Gasteiger charge is 2.18. The fraction of sp³-hybridized carbons (Fsp3) is 0.650. The molecule has 0 spiro atoms. The largest absolute Gasteiger partial charge is 0.460 e. The Kier molecular flexibility index (Phi) is 11.5. The number of ether oxygens (including phenoxy) is 1. The molecule has 0 aromatic heterocycles. The van der Waals surface area contributed by atoms with E-state index in [4.69, 9.17) is 10.5 Å². The number of nitrogens with two attached hydrogens (primary N) is 1. The number of esters is 1. The van der Waals surface area contributed by atoms with E-state index in [1.54, 1.807) is 24.3 Å². The van der Waals surface area contributed by atoms with Gasteiger partial charge in [-0.3, -0.25) is 0 Å². The molecule has 0 fully saturated rings. The maximum Gasteiger partial charge on any atom is 0.338 e. The fourth-order valence-corrected chi connectivity index (χ4v) is 2.87. The molecule has 0 aliphatic rings. The normalized spacial score (nSPS) is 12.3. The highest BCUT2D eigenvalue weighted by atomic mass is 35.5. The Balaban J connectivity index is 0.00000576. The molecule has 5 heteroatoms. The van der Waals surface area contributed by atoms with Crippen LogP contribution in [0.3, 0.4) is 0 Å². The molecule has 1 atom stereocenters. The summed E-state index contributed by atoms with van der Waals surface area (Å²) in [7, 11) is 0. The summed E-state index contributed by atoms with van der Waals surface area (Å²) >= 11 is 0. The lowest BCUT2D eigenvalue weighted by Gasteiger charge is -2.27. The van der Waals surface area contributed by atoms with E-state index in [1.807, 2.05) is 0 Å². The average Bonchev–Trinajstić information content (AvgIpc) is 2.50. The first kappa shape index (κ1) is 23.7. The molecule has 144 valence electrons. The number of carbonyl (C=O) groups excluding carboxylic acids is 1. The van der Waals surface area contributed by atoms with E-state index in [0.29, 0.717) is 35.7 Å². The van der Waals surface area contributed by atoms with Gasteiger partial charge in [0.05, 0.1) is 5.56 Å². The predicted octanol–water partition coefficient (Wildman–Crippen LogP) is 4.68. The van der Waals surface area contributed by atoms with Crippen LogP contribution in [-0.2, 0) is 4.74 Å². The van der Waals surface area contributed by atoms with E-state index in [-0.39, 0.29) is 24.4 Å². The second kappa shape index (κ2) is 12.2. The second-order valence-corrected chi connectivity index (χ2v) is 7.45. The Bertz CT molecular complexity index is 479. The summed E-state index contributed by atoms with van der Waals surface area (Å²) in [5.74, 6) is 1.01. The standard InChI is InChI=1S/C20H34N2O2.ClH/c1-6-18(22-19(11-14(2)3)12-15(4)5)13-24-20(23)16-7-9-17(21)10-8-16;/h7-10,14-15,18-19,22H,6,11-13,21H2,1-5H3;1H. The first-order valence-electron chi connectivity index (χ1n) is 9.10. The minimum atomic E-state index is -0.292. The average molecular weight is 371 g/mol. The van der Waals surface area contributed by atoms with Crippen LogP contribution in [0.2, 0.25) is 0 Å². The van der Waals surface area contributed by atoms with Crippen LogP contribution in [-0.4, -0.2) is 24.7 Å². The van der Waals surface area contributed by atoms with Gasteiger partial charge in [0.15, 0.2) is 0 Å². The van der Waals surface area contributed by atoms with E-state index in [1.165, 1.54) is 0 Å². The summed E-state index contributed by atoms with van der Waals surface area (Å²) in [5, 5.41) is 3.69. The van der Waals surface area contributed by atoms with Gasteiger partial charge in [-0.2, -0.15) is 0 Å². The number of anilines is 1. The van der Waals surface area contributed by atoms with Gasteiger partial charge in [-0.05, 0) is 55.4 Å². The lowest BCUT2D eigenvalue weighted by atomic mass is 9.95. The molecule has 1 aromatic rings. The Morgan fingerprint density at radius 1 is 1.04 bits per heavy atom. The number of nitrogen functional groups attached to an aromatic ring is 1. The summed E-state index contributed by atoms with van der Waals surface area (Å²) in [6.45, 7) is 11.5. The molecule has 3 N–H and O–H groups in total. The van der Waals surface area contributed by atoms with Gasteiger partial charge in [-0.25, -0.2) is 4.79 Å². The SMILES string of the molecule is CCC(COC(=O)c1ccc(N)cc1)NC(CC(C)C)CC(C)C.Cl. The van der Waals surface area contributed by atoms with Crippen molar-refractivity contribution in [3.05, 3.63) is 29.8 Å². The highest BCUT2D eigenvalue weighted by Crippen LogP contribution is 2.15. The number of benzene rings is 1. The molecule has 1 unspecified atom stereocenters. The molecular formula is C20H35ClN2O2. The van der Waals surface area contributed by atoms with Crippen LogP contribution in [0.1, 0.15) is 64.2 Å². The Labute approximate surface area is 159 Å². The van der Waals surface area contributed by atoms with Crippen LogP contribution < -0.4 is 11.1 Å². The second-order valence-electron chi connectivity index (χ2n) is 7.45. The first-order valence-corrected chi connectivity index (χ1v) is 9.10. The van der Waals surface area contributed by atoms with E-state index >= 15 is 0 Å². The first-order chi connectivity index (χ1) is 11.3. The Morgan fingerprint density at radius 2 is 1.56 bits per heavy atom. The molecule has 1 rings (SSSR count). The molecule has 25 heavy (non-hydrogen) atoms.